The summed E-state index contributed by atoms with van der Waals surface area (Å²) in [6.07, 6.45) is 4.11. The van der Waals surface area contributed by atoms with Crippen LogP contribution in [-0.2, 0) is 12.3 Å². The summed E-state index contributed by atoms with van der Waals surface area (Å²) < 4.78 is 15.8. The van der Waals surface area contributed by atoms with E-state index < -0.39 is 0 Å². The van der Waals surface area contributed by atoms with Crippen LogP contribution in [-0.4, -0.2) is 19.6 Å². The van der Waals surface area contributed by atoms with Gasteiger partial charge in [-0.1, -0.05) is 41.3 Å². The van der Waals surface area contributed by atoms with Crippen molar-refractivity contribution in [1.29, 1.82) is 0 Å². The monoisotopic (exact) mass is 385 g/mol. The highest BCUT2D eigenvalue weighted by Crippen LogP contribution is 2.28. The van der Waals surface area contributed by atoms with Crippen molar-refractivity contribution in [2.45, 2.75) is 23.6 Å². The highest BCUT2D eigenvalue weighted by atomic mass is 32.2. The molecule has 26 heavy (non-hydrogen) atoms. The van der Waals surface area contributed by atoms with Crippen molar-refractivity contribution in [1.82, 2.24) is 19.6 Å². The zero-order valence-electron chi connectivity index (χ0n) is 14.0. The number of nitrogens with zero attached hydrogens (tertiary/aromatic N) is 4. The van der Waals surface area contributed by atoms with E-state index in [-0.39, 0.29) is 5.82 Å². The van der Waals surface area contributed by atoms with E-state index in [4.69, 9.17) is 0 Å². The number of imidazole rings is 1. The van der Waals surface area contributed by atoms with Crippen LogP contribution in [0.2, 0.25) is 0 Å². The van der Waals surface area contributed by atoms with Gasteiger partial charge in [0.25, 0.3) is 0 Å². The number of rotatable bonds is 6. The van der Waals surface area contributed by atoms with E-state index in [1.54, 1.807) is 23.9 Å². The molecule has 0 aliphatic heterocycles. The number of fused-ring (bicyclic) bond motifs is 1. The molecule has 0 saturated heterocycles. The second-order valence-corrected chi connectivity index (χ2v) is 8.05. The predicted molar refractivity (Wildman–Crippen MR) is 103 cm³/mol. The van der Waals surface area contributed by atoms with Crippen LogP contribution < -0.4 is 5.32 Å². The molecular formula is C18H16FN5S2. The van der Waals surface area contributed by atoms with Crippen LogP contribution >= 0.6 is 23.1 Å². The van der Waals surface area contributed by atoms with Crippen molar-refractivity contribution in [3.05, 3.63) is 71.4 Å². The van der Waals surface area contributed by atoms with Gasteiger partial charge in [0.15, 0.2) is 4.34 Å². The Labute approximate surface area is 158 Å². The number of halogens is 1. The molecule has 8 heteroatoms. The molecule has 132 valence electrons. The Morgan fingerprint density at radius 3 is 2.81 bits per heavy atom. The molecule has 3 heterocycles. The summed E-state index contributed by atoms with van der Waals surface area (Å²) in [5.74, 6) is 0.512. The maximum atomic E-state index is 12.9. The smallest absolute Gasteiger partial charge is 0.206 e. The van der Waals surface area contributed by atoms with E-state index in [0.29, 0.717) is 6.54 Å². The average molecular weight is 385 g/mol. The number of pyridine rings is 1. The minimum Gasteiger partial charge on any atom is -0.356 e. The van der Waals surface area contributed by atoms with Crippen molar-refractivity contribution in [2.24, 2.45) is 0 Å². The number of hydrogen-bond acceptors (Lipinski definition) is 6. The summed E-state index contributed by atoms with van der Waals surface area (Å²) in [6, 6.07) is 10.5. The first-order valence-corrected chi connectivity index (χ1v) is 9.85. The number of nitrogens with one attached hydrogen (secondary N) is 1. The molecular weight excluding hydrogens is 369 g/mol. The minimum absolute atomic E-state index is 0.231. The topological polar surface area (TPSA) is 55.1 Å². The van der Waals surface area contributed by atoms with Gasteiger partial charge in [0.05, 0.1) is 5.69 Å². The van der Waals surface area contributed by atoms with Gasteiger partial charge in [-0.15, -0.1) is 10.2 Å². The second-order valence-electron chi connectivity index (χ2n) is 5.85. The van der Waals surface area contributed by atoms with Crippen LogP contribution in [0.25, 0.3) is 5.65 Å². The predicted octanol–water partition coefficient (Wildman–Crippen LogP) is 4.54. The quantitative estimate of drug-likeness (QED) is 0.494. The Balaban J connectivity index is 1.34. The van der Waals surface area contributed by atoms with Crippen molar-refractivity contribution < 1.29 is 4.39 Å². The fraction of sp³-hybridized carbons (Fsp3) is 0.167. The lowest BCUT2D eigenvalue weighted by molar-refractivity contribution is 0.627. The molecule has 4 aromatic rings. The van der Waals surface area contributed by atoms with Crippen molar-refractivity contribution in [3.63, 3.8) is 0 Å². The van der Waals surface area contributed by atoms with Gasteiger partial charge in [0.2, 0.25) is 5.13 Å². The highest BCUT2D eigenvalue weighted by Gasteiger charge is 2.07. The maximum Gasteiger partial charge on any atom is 0.206 e. The molecule has 0 unspecified atom stereocenters. The first-order chi connectivity index (χ1) is 12.7. The maximum absolute atomic E-state index is 12.9. The van der Waals surface area contributed by atoms with Crippen molar-refractivity contribution in [2.75, 3.05) is 5.32 Å². The number of hydrogen-bond donors (Lipinski definition) is 1. The summed E-state index contributed by atoms with van der Waals surface area (Å²) in [7, 11) is 0. The SMILES string of the molecule is Cc1ccc2nc(CSc3nnc(NCc4ccc(F)cc4)s3)cn2c1. The largest absolute Gasteiger partial charge is 0.356 e. The number of anilines is 1. The Bertz CT molecular complexity index is 1030. The zero-order valence-corrected chi connectivity index (χ0v) is 15.6. The van der Waals surface area contributed by atoms with Crippen LogP contribution in [0.4, 0.5) is 9.52 Å². The average Bonchev–Trinajstić information content (AvgIpc) is 3.25. The Kier molecular flexibility index (Phi) is 4.85. The summed E-state index contributed by atoms with van der Waals surface area (Å²) in [5.41, 5.74) is 4.16. The fourth-order valence-corrected chi connectivity index (χ4v) is 4.11. The van der Waals surface area contributed by atoms with Gasteiger partial charge in [-0.05, 0) is 36.2 Å². The third kappa shape index (κ3) is 4.03. The lowest BCUT2D eigenvalue weighted by atomic mass is 10.2. The third-order valence-electron chi connectivity index (χ3n) is 3.76. The molecule has 1 N–H and O–H groups in total. The number of benzene rings is 1. The molecule has 0 bridgehead atoms. The first kappa shape index (κ1) is 17.0. The molecule has 0 radical (unpaired) electrons. The van der Waals surface area contributed by atoms with Gasteiger partial charge in [0, 0.05) is 24.7 Å². The van der Waals surface area contributed by atoms with E-state index in [1.165, 1.54) is 29.0 Å². The van der Waals surface area contributed by atoms with Crippen molar-refractivity contribution in [3.8, 4) is 0 Å². The van der Waals surface area contributed by atoms with E-state index in [0.717, 1.165) is 32.1 Å². The first-order valence-electron chi connectivity index (χ1n) is 8.04. The lowest BCUT2D eigenvalue weighted by Crippen LogP contribution is -1.98. The lowest BCUT2D eigenvalue weighted by Gasteiger charge is -2.01. The van der Waals surface area contributed by atoms with E-state index in [1.807, 2.05) is 16.7 Å². The van der Waals surface area contributed by atoms with Gasteiger partial charge >= 0.3 is 0 Å². The third-order valence-corrected chi connectivity index (χ3v) is 5.80. The van der Waals surface area contributed by atoms with Crippen LogP contribution in [0.5, 0.6) is 0 Å². The van der Waals surface area contributed by atoms with Gasteiger partial charge in [-0.25, -0.2) is 9.37 Å². The molecule has 0 saturated carbocycles. The molecule has 0 aliphatic rings. The van der Waals surface area contributed by atoms with E-state index in [2.05, 4.69) is 39.7 Å². The van der Waals surface area contributed by atoms with Gasteiger partial charge in [-0.2, -0.15) is 0 Å². The van der Waals surface area contributed by atoms with Crippen LogP contribution in [0.15, 0.2) is 53.1 Å². The highest BCUT2D eigenvalue weighted by molar-refractivity contribution is 8.00. The molecule has 4 rings (SSSR count). The van der Waals surface area contributed by atoms with Crippen LogP contribution in [0, 0.1) is 12.7 Å². The standard InChI is InChI=1S/C18H16FN5S2/c1-12-2-7-16-21-15(10-24(16)9-12)11-25-18-23-22-17(26-18)20-8-13-3-5-14(19)6-4-13/h2-7,9-10H,8,11H2,1H3,(H,20,22). The summed E-state index contributed by atoms with van der Waals surface area (Å²) in [6.45, 7) is 2.65. The number of aryl methyl sites for hydroxylation is 1. The molecule has 0 fully saturated rings. The summed E-state index contributed by atoms with van der Waals surface area (Å²) >= 11 is 3.12. The summed E-state index contributed by atoms with van der Waals surface area (Å²) in [4.78, 5) is 4.61. The normalized spacial score (nSPS) is 11.2. The van der Waals surface area contributed by atoms with Gasteiger partial charge < -0.3 is 9.72 Å². The van der Waals surface area contributed by atoms with Gasteiger partial charge in [0.1, 0.15) is 11.5 Å². The molecule has 0 amide bonds. The Morgan fingerprint density at radius 1 is 1.12 bits per heavy atom. The minimum atomic E-state index is -0.231. The molecule has 0 spiro atoms. The number of thioether (sulfide) groups is 1. The Morgan fingerprint density at radius 2 is 1.96 bits per heavy atom. The molecule has 0 aliphatic carbocycles. The van der Waals surface area contributed by atoms with Gasteiger partial charge in [-0.3, -0.25) is 0 Å². The Hall–Kier alpha value is -2.45. The second kappa shape index (κ2) is 7.43. The van der Waals surface area contributed by atoms with E-state index >= 15 is 0 Å². The zero-order chi connectivity index (χ0) is 17.9. The van der Waals surface area contributed by atoms with Crippen LogP contribution in [0.3, 0.4) is 0 Å². The molecule has 3 aromatic heterocycles. The van der Waals surface area contributed by atoms with E-state index in [9.17, 15) is 4.39 Å². The van der Waals surface area contributed by atoms with Crippen LogP contribution in [0.1, 0.15) is 16.8 Å². The molecule has 1 aromatic carbocycles. The molecule has 5 nitrogen and oxygen atoms in total. The number of aromatic nitrogens is 4. The fourth-order valence-electron chi connectivity index (χ4n) is 2.48. The summed E-state index contributed by atoms with van der Waals surface area (Å²) in [5, 5.41) is 12.3. The molecule has 0 atom stereocenters. The van der Waals surface area contributed by atoms with Crippen molar-refractivity contribution >= 4 is 33.9 Å².